The van der Waals surface area contributed by atoms with Crippen molar-refractivity contribution in [1.29, 1.82) is 0 Å². The molecule has 0 radical (unpaired) electrons. The van der Waals surface area contributed by atoms with Gasteiger partial charge in [0.05, 0.1) is 6.61 Å². The standard InChI is InChI=1S/C34H49FN4O4/c1-7-27-23(4)21-43-30-16-9-8-13-25(30)14-11-17-36-33(41)29(20-39(5)6)37-34(42)31(22(2)3)38-32(40)28(27)19-24-12-10-15-26(35)18-24/h8-10,12-13,15-16,18,22-23,27-29,31H,7,11,14,17,19-21H2,1-6H3,(H,36,41)(H,37,42)(H,38,40)/t23-,27?,28-,29-,31+/m0/s1. The van der Waals surface area contributed by atoms with Gasteiger partial charge in [-0.3, -0.25) is 14.4 Å². The number of para-hydroxylation sites is 1. The van der Waals surface area contributed by atoms with Crippen molar-refractivity contribution in [2.24, 2.45) is 23.7 Å². The summed E-state index contributed by atoms with van der Waals surface area (Å²) < 4.78 is 20.5. The molecule has 8 nitrogen and oxygen atoms in total. The van der Waals surface area contributed by atoms with Gasteiger partial charge in [-0.25, -0.2) is 4.39 Å². The van der Waals surface area contributed by atoms with Gasteiger partial charge in [0.1, 0.15) is 23.7 Å². The van der Waals surface area contributed by atoms with E-state index in [-0.39, 0.29) is 35.4 Å². The number of hydrogen-bond donors (Lipinski definition) is 3. The van der Waals surface area contributed by atoms with Gasteiger partial charge in [0.25, 0.3) is 0 Å². The highest BCUT2D eigenvalue weighted by Crippen LogP contribution is 2.30. The van der Waals surface area contributed by atoms with Crippen LogP contribution >= 0.6 is 0 Å². The molecule has 0 aliphatic carbocycles. The molecule has 0 aromatic heterocycles. The molecule has 3 amide bonds. The number of carbonyl (C=O) groups excluding carboxylic acids is 3. The number of aryl methyl sites for hydroxylation is 1. The summed E-state index contributed by atoms with van der Waals surface area (Å²) in [6.07, 6.45) is 2.44. The van der Waals surface area contributed by atoms with Crippen molar-refractivity contribution < 1.29 is 23.5 Å². The number of likely N-dealkylation sites (N-methyl/N-ethyl adjacent to an activating group) is 1. The van der Waals surface area contributed by atoms with E-state index in [1.54, 1.807) is 6.07 Å². The van der Waals surface area contributed by atoms with E-state index in [9.17, 15) is 18.8 Å². The first-order valence-corrected chi connectivity index (χ1v) is 15.5. The van der Waals surface area contributed by atoms with Crippen LogP contribution in [-0.2, 0) is 27.2 Å². The molecule has 0 saturated carbocycles. The number of benzene rings is 2. The summed E-state index contributed by atoms with van der Waals surface area (Å²) in [7, 11) is 3.68. The number of ether oxygens (including phenoxy) is 1. The molecule has 0 fully saturated rings. The Morgan fingerprint density at radius 3 is 2.42 bits per heavy atom. The van der Waals surface area contributed by atoms with Gasteiger partial charge in [-0.1, -0.05) is 64.4 Å². The van der Waals surface area contributed by atoms with Crippen molar-refractivity contribution in [3.8, 4) is 5.75 Å². The van der Waals surface area contributed by atoms with Crippen LogP contribution in [0.1, 0.15) is 51.7 Å². The molecule has 5 atom stereocenters. The molecule has 1 aliphatic rings. The normalized spacial score (nSPS) is 24.7. The summed E-state index contributed by atoms with van der Waals surface area (Å²) in [6, 6.07) is 12.6. The van der Waals surface area contributed by atoms with Gasteiger partial charge in [-0.15, -0.1) is 0 Å². The number of rotatable bonds is 6. The smallest absolute Gasteiger partial charge is 0.243 e. The Hall–Kier alpha value is -3.46. The minimum Gasteiger partial charge on any atom is -0.493 e. The largest absolute Gasteiger partial charge is 0.493 e. The Morgan fingerprint density at radius 2 is 1.74 bits per heavy atom. The number of hydrogen-bond acceptors (Lipinski definition) is 5. The minimum atomic E-state index is -0.852. The lowest BCUT2D eigenvalue weighted by Gasteiger charge is -2.33. The molecule has 3 rings (SSSR count). The van der Waals surface area contributed by atoms with Crippen LogP contribution < -0.4 is 20.7 Å². The number of amides is 3. The van der Waals surface area contributed by atoms with Crippen molar-refractivity contribution in [2.45, 2.75) is 65.5 Å². The molecule has 1 unspecified atom stereocenters. The van der Waals surface area contributed by atoms with E-state index in [2.05, 4.69) is 22.9 Å². The van der Waals surface area contributed by atoms with Crippen LogP contribution in [0.3, 0.4) is 0 Å². The second-order valence-electron chi connectivity index (χ2n) is 12.4. The number of nitrogens with one attached hydrogen (secondary N) is 3. The number of nitrogens with zero attached hydrogens (tertiary/aromatic N) is 1. The third-order valence-corrected chi connectivity index (χ3v) is 8.22. The lowest BCUT2D eigenvalue weighted by atomic mass is 9.77. The molecule has 0 spiro atoms. The van der Waals surface area contributed by atoms with E-state index >= 15 is 0 Å². The Labute approximate surface area is 256 Å². The fourth-order valence-corrected chi connectivity index (χ4v) is 5.87. The monoisotopic (exact) mass is 596 g/mol. The summed E-state index contributed by atoms with van der Waals surface area (Å²) in [5.41, 5.74) is 1.76. The second-order valence-corrected chi connectivity index (χ2v) is 12.4. The lowest BCUT2D eigenvalue weighted by Crippen LogP contribution is -2.58. The Bertz CT molecular complexity index is 1220. The highest BCUT2D eigenvalue weighted by molar-refractivity contribution is 5.92. The van der Waals surface area contributed by atoms with Crippen LogP contribution in [0.5, 0.6) is 5.75 Å². The van der Waals surface area contributed by atoms with Crippen molar-refractivity contribution in [2.75, 3.05) is 33.8 Å². The average Bonchev–Trinajstić information content (AvgIpc) is 2.95. The lowest BCUT2D eigenvalue weighted by molar-refractivity contribution is -0.135. The number of halogens is 1. The third-order valence-electron chi connectivity index (χ3n) is 8.22. The molecule has 0 saturated heterocycles. The summed E-state index contributed by atoms with van der Waals surface area (Å²) >= 11 is 0. The summed E-state index contributed by atoms with van der Waals surface area (Å²) in [4.78, 5) is 42.7. The molecule has 1 heterocycles. The maximum Gasteiger partial charge on any atom is 0.243 e. The fraction of sp³-hybridized carbons (Fsp3) is 0.559. The highest BCUT2D eigenvalue weighted by atomic mass is 19.1. The van der Waals surface area contributed by atoms with E-state index in [0.717, 1.165) is 11.3 Å². The van der Waals surface area contributed by atoms with Gasteiger partial charge >= 0.3 is 0 Å². The van der Waals surface area contributed by atoms with E-state index in [0.29, 0.717) is 50.9 Å². The minimum absolute atomic E-state index is 0.00339. The molecule has 2 aromatic carbocycles. The first-order valence-electron chi connectivity index (χ1n) is 15.5. The highest BCUT2D eigenvalue weighted by Gasteiger charge is 2.36. The fourth-order valence-electron chi connectivity index (χ4n) is 5.87. The maximum absolute atomic E-state index is 14.2. The first kappa shape index (κ1) is 34.0. The summed E-state index contributed by atoms with van der Waals surface area (Å²) in [6.45, 7) is 9.02. The number of fused-ring (bicyclic) bond motifs is 1. The first-order chi connectivity index (χ1) is 20.5. The maximum atomic E-state index is 14.2. The zero-order valence-corrected chi connectivity index (χ0v) is 26.5. The van der Waals surface area contributed by atoms with Crippen LogP contribution in [0.4, 0.5) is 4.39 Å². The Kier molecular flexibility index (Phi) is 13.0. The zero-order valence-electron chi connectivity index (χ0n) is 26.5. The molecule has 3 N–H and O–H groups in total. The summed E-state index contributed by atoms with van der Waals surface area (Å²) in [5, 5.41) is 8.88. The molecular formula is C34H49FN4O4. The van der Waals surface area contributed by atoms with Gasteiger partial charge in [0, 0.05) is 19.0 Å². The topological polar surface area (TPSA) is 99.8 Å². The molecule has 2 aromatic rings. The van der Waals surface area contributed by atoms with Gasteiger partial charge in [0.15, 0.2) is 0 Å². The number of carbonyl (C=O) groups is 3. The van der Waals surface area contributed by atoms with Gasteiger partial charge in [-0.05, 0) is 80.4 Å². The van der Waals surface area contributed by atoms with Crippen molar-refractivity contribution in [3.05, 3.63) is 65.5 Å². The van der Waals surface area contributed by atoms with Crippen LogP contribution in [0.25, 0.3) is 0 Å². The zero-order chi connectivity index (χ0) is 31.5. The van der Waals surface area contributed by atoms with Crippen LogP contribution in [0.2, 0.25) is 0 Å². The van der Waals surface area contributed by atoms with E-state index in [4.69, 9.17) is 4.74 Å². The van der Waals surface area contributed by atoms with Gasteiger partial charge in [-0.2, -0.15) is 0 Å². The van der Waals surface area contributed by atoms with Crippen LogP contribution in [0, 0.1) is 29.5 Å². The Balaban J connectivity index is 2.00. The van der Waals surface area contributed by atoms with Crippen LogP contribution in [0.15, 0.2) is 48.5 Å². The third kappa shape index (κ3) is 10.1. The van der Waals surface area contributed by atoms with Crippen molar-refractivity contribution in [1.82, 2.24) is 20.9 Å². The SMILES string of the molecule is CCC1[C@H](Cc2cccc(F)c2)C(=O)N[C@H](C(C)C)C(=O)N[C@@H](CN(C)C)C(=O)NCCCc2ccccc2OC[C@@H]1C. The van der Waals surface area contributed by atoms with Crippen LogP contribution in [-0.4, -0.2) is 68.5 Å². The molecule has 43 heavy (non-hydrogen) atoms. The van der Waals surface area contributed by atoms with E-state index in [1.807, 2.05) is 70.1 Å². The predicted molar refractivity (Wildman–Crippen MR) is 167 cm³/mol. The van der Waals surface area contributed by atoms with Crippen molar-refractivity contribution >= 4 is 17.7 Å². The summed E-state index contributed by atoms with van der Waals surface area (Å²) in [5.74, 6) is -1.39. The molecule has 9 heteroatoms. The predicted octanol–water partition coefficient (Wildman–Crippen LogP) is 3.98. The van der Waals surface area contributed by atoms with Gasteiger partial charge < -0.3 is 25.6 Å². The molecular weight excluding hydrogens is 547 g/mol. The second kappa shape index (κ2) is 16.4. The molecule has 0 bridgehead atoms. The Morgan fingerprint density at radius 1 is 1.00 bits per heavy atom. The van der Waals surface area contributed by atoms with Gasteiger partial charge in [0.2, 0.25) is 17.7 Å². The van der Waals surface area contributed by atoms with E-state index in [1.165, 1.54) is 12.1 Å². The molecule has 1 aliphatic heterocycles. The van der Waals surface area contributed by atoms with Crippen molar-refractivity contribution in [3.63, 3.8) is 0 Å². The molecule has 236 valence electrons. The van der Waals surface area contributed by atoms with E-state index < -0.39 is 23.9 Å². The quantitative estimate of drug-likeness (QED) is 0.469. The average molecular weight is 597 g/mol.